The van der Waals surface area contributed by atoms with Crippen LogP contribution in [-0.2, 0) is 4.79 Å². The van der Waals surface area contributed by atoms with Crippen LogP contribution in [0.1, 0.15) is 0 Å². The molecule has 7 nitrogen and oxygen atoms in total. The fourth-order valence-corrected chi connectivity index (χ4v) is 1.90. The van der Waals surface area contributed by atoms with E-state index in [1.165, 1.54) is 6.33 Å². The highest BCUT2D eigenvalue weighted by Crippen LogP contribution is 2.21. The molecule has 0 saturated carbocycles. The first-order chi connectivity index (χ1) is 9.75. The predicted octanol–water partition coefficient (Wildman–Crippen LogP) is 1.31. The van der Waals surface area contributed by atoms with E-state index < -0.39 is 5.97 Å². The molecule has 0 fully saturated rings. The third-order valence-electron chi connectivity index (χ3n) is 2.77. The Labute approximate surface area is 113 Å². The summed E-state index contributed by atoms with van der Waals surface area (Å²) in [6.07, 6.45) is 3.00. The number of aromatic nitrogens is 4. The molecule has 20 heavy (non-hydrogen) atoms. The molecule has 0 saturated heterocycles. The number of aliphatic carboxylic acids is 1. The van der Waals surface area contributed by atoms with E-state index in [4.69, 9.17) is 5.11 Å². The van der Waals surface area contributed by atoms with E-state index in [9.17, 15) is 4.79 Å². The summed E-state index contributed by atoms with van der Waals surface area (Å²) in [6.45, 7) is -0.206. The van der Waals surface area contributed by atoms with Crippen LogP contribution in [0.25, 0.3) is 16.7 Å². The molecule has 0 atom stereocenters. The molecule has 3 aromatic rings. The van der Waals surface area contributed by atoms with Crippen molar-refractivity contribution in [3.05, 3.63) is 42.9 Å². The first kappa shape index (κ1) is 12.1. The molecule has 0 radical (unpaired) electrons. The molecule has 3 rings (SSSR count). The van der Waals surface area contributed by atoms with Crippen molar-refractivity contribution in [1.29, 1.82) is 0 Å². The maximum absolute atomic E-state index is 10.6. The van der Waals surface area contributed by atoms with Crippen molar-refractivity contribution in [1.82, 2.24) is 19.7 Å². The van der Waals surface area contributed by atoms with Crippen LogP contribution >= 0.6 is 0 Å². The number of carboxylic acids is 1. The van der Waals surface area contributed by atoms with Crippen LogP contribution in [-0.4, -0.2) is 37.4 Å². The summed E-state index contributed by atoms with van der Waals surface area (Å²) in [5.41, 5.74) is 1.50. The van der Waals surface area contributed by atoms with Gasteiger partial charge in [-0.25, -0.2) is 14.6 Å². The van der Waals surface area contributed by atoms with E-state index in [0.717, 1.165) is 5.69 Å². The second-order valence-corrected chi connectivity index (χ2v) is 4.10. The van der Waals surface area contributed by atoms with E-state index in [0.29, 0.717) is 16.9 Å². The fraction of sp³-hybridized carbons (Fsp3) is 0.0769. The van der Waals surface area contributed by atoms with Crippen LogP contribution in [0.2, 0.25) is 0 Å². The van der Waals surface area contributed by atoms with Gasteiger partial charge in [0.15, 0.2) is 5.65 Å². The molecule has 0 unspecified atom stereocenters. The van der Waals surface area contributed by atoms with Crippen molar-refractivity contribution in [3.63, 3.8) is 0 Å². The third kappa shape index (κ3) is 2.16. The summed E-state index contributed by atoms with van der Waals surface area (Å²) < 4.78 is 1.68. The Kier molecular flexibility index (Phi) is 3.00. The normalized spacial score (nSPS) is 10.6. The highest BCUT2D eigenvalue weighted by molar-refractivity contribution is 5.88. The molecule has 0 aliphatic carbocycles. The van der Waals surface area contributed by atoms with Crippen molar-refractivity contribution in [2.75, 3.05) is 11.9 Å². The first-order valence-electron chi connectivity index (χ1n) is 5.95. The zero-order valence-corrected chi connectivity index (χ0v) is 10.4. The van der Waals surface area contributed by atoms with Gasteiger partial charge in [0.05, 0.1) is 17.3 Å². The number of carboxylic acid groups (broad SMARTS) is 1. The first-order valence-corrected chi connectivity index (χ1v) is 5.95. The number of anilines is 1. The summed E-state index contributed by atoms with van der Waals surface area (Å²) in [4.78, 5) is 18.9. The zero-order valence-electron chi connectivity index (χ0n) is 10.4. The fourth-order valence-electron chi connectivity index (χ4n) is 1.90. The van der Waals surface area contributed by atoms with Gasteiger partial charge in [-0.15, -0.1) is 0 Å². The standard InChI is InChI=1S/C13H11N5O2/c19-11(20)7-14-12-10-6-17-18(13(10)16-8-15-12)9-4-2-1-3-5-9/h1-6,8H,7H2,(H,19,20)(H,14,15,16). The molecule has 2 N–H and O–H groups in total. The lowest BCUT2D eigenvalue weighted by molar-refractivity contribution is -0.134. The quantitative estimate of drug-likeness (QED) is 0.741. The predicted molar refractivity (Wildman–Crippen MR) is 72.8 cm³/mol. The lowest BCUT2D eigenvalue weighted by Crippen LogP contribution is -2.13. The Hall–Kier alpha value is -2.96. The Morgan fingerprint density at radius 1 is 1.25 bits per heavy atom. The van der Waals surface area contributed by atoms with Crippen LogP contribution in [0, 0.1) is 0 Å². The average Bonchev–Trinajstić information content (AvgIpc) is 2.90. The third-order valence-corrected chi connectivity index (χ3v) is 2.77. The number of nitrogens with zero attached hydrogens (tertiary/aromatic N) is 4. The van der Waals surface area contributed by atoms with Crippen molar-refractivity contribution in [2.24, 2.45) is 0 Å². The van der Waals surface area contributed by atoms with Crippen molar-refractivity contribution >= 4 is 22.8 Å². The number of rotatable bonds is 4. The van der Waals surface area contributed by atoms with Gasteiger partial charge in [0.2, 0.25) is 0 Å². The molecule has 0 amide bonds. The van der Waals surface area contributed by atoms with Crippen LogP contribution < -0.4 is 5.32 Å². The molecule has 0 aliphatic heterocycles. The molecule has 0 aliphatic rings. The SMILES string of the molecule is O=C(O)CNc1ncnc2c1cnn2-c1ccccc1. The van der Waals surface area contributed by atoms with Gasteiger partial charge in [0.1, 0.15) is 18.7 Å². The summed E-state index contributed by atoms with van der Waals surface area (Å²) >= 11 is 0. The molecule has 0 spiro atoms. The lowest BCUT2D eigenvalue weighted by Gasteiger charge is -2.04. The largest absolute Gasteiger partial charge is 0.480 e. The van der Waals surface area contributed by atoms with E-state index in [2.05, 4.69) is 20.4 Å². The average molecular weight is 269 g/mol. The smallest absolute Gasteiger partial charge is 0.322 e. The van der Waals surface area contributed by atoms with Crippen LogP contribution in [0.3, 0.4) is 0 Å². The lowest BCUT2D eigenvalue weighted by atomic mass is 10.3. The summed E-state index contributed by atoms with van der Waals surface area (Å²) in [5.74, 6) is -0.494. The number of para-hydroxylation sites is 1. The molecule has 100 valence electrons. The number of fused-ring (bicyclic) bond motifs is 1. The van der Waals surface area contributed by atoms with Gasteiger partial charge in [-0.3, -0.25) is 4.79 Å². The van der Waals surface area contributed by atoms with Gasteiger partial charge in [-0.05, 0) is 12.1 Å². The van der Waals surface area contributed by atoms with Crippen molar-refractivity contribution in [3.8, 4) is 5.69 Å². The summed E-state index contributed by atoms with van der Waals surface area (Å²) in [5, 5.41) is 16.4. The second kappa shape index (κ2) is 4.96. The summed E-state index contributed by atoms with van der Waals surface area (Å²) in [7, 11) is 0. The van der Waals surface area contributed by atoms with Crippen molar-refractivity contribution in [2.45, 2.75) is 0 Å². The molecule has 7 heteroatoms. The molecular weight excluding hydrogens is 258 g/mol. The van der Waals surface area contributed by atoms with E-state index in [-0.39, 0.29) is 6.54 Å². The van der Waals surface area contributed by atoms with E-state index >= 15 is 0 Å². The monoisotopic (exact) mass is 269 g/mol. The second-order valence-electron chi connectivity index (χ2n) is 4.10. The molecule has 2 heterocycles. The minimum atomic E-state index is -0.952. The van der Waals surface area contributed by atoms with Gasteiger partial charge < -0.3 is 10.4 Å². The minimum Gasteiger partial charge on any atom is -0.480 e. The summed E-state index contributed by atoms with van der Waals surface area (Å²) in [6, 6.07) is 9.57. The molecule has 0 bridgehead atoms. The maximum Gasteiger partial charge on any atom is 0.322 e. The number of hydrogen-bond acceptors (Lipinski definition) is 5. The number of benzene rings is 1. The van der Waals surface area contributed by atoms with Gasteiger partial charge in [-0.1, -0.05) is 18.2 Å². The Morgan fingerprint density at radius 3 is 2.80 bits per heavy atom. The van der Waals surface area contributed by atoms with Crippen molar-refractivity contribution < 1.29 is 9.90 Å². The highest BCUT2D eigenvalue weighted by atomic mass is 16.4. The van der Waals surface area contributed by atoms with Gasteiger partial charge in [0, 0.05) is 0 Å². The Morgan fingerprint density at radius 2 is 2.05 bits per heavy atom. The number of carbonyl (C=O) groups is 1. The van der Waals surface area contributed by atoms with E-state index in [1.54, 1.807) is 10.9 Å². The molecule has 1 aromatic carbocycles. The van der Waals surface area contributed by atoms with Crippen LogP contribution in [0.5, 0.6) is 0 Å². The van der Waals surface area contributed by atoms with Gasteiger partial charge in [0.25, 0.3) is 0 Å². The molecular formula is C13H11N5O2. The number of hydrogen-bond donors (Lipinski definition) is 2. The van der Waals surface area contributed by atoms with Crippen LogP contribution in [0.4, 0.5) is 5.82 Å². The van der Waals surface area contributed by atoms with Crippen LogP contribution in [0.15, 0.2) is 42.9 Å². The Balaban J connectivity index is 2.06. The van der Waals surface area contributed by atoms with Gasteiger partial charge in [-0.2, -0.15) is 5.10 Å². The number of nitrogens with one attached hydrogen (secondary N) is 1. The molecule has 2 aromatic heterocycles. The van der Waals surface area contributed by atoms with E-state index in [1.807, 2.05) is 30.3 Å². The minimum absolute atomic E-state index is 0.206. The topological polar surface area (TPSA) is 92.9 Å². The maximum atomic E-state index is 10.6. The van der Waals surface area contributed by atoms with Gasteiger partial charge >= 0.3 is 5.97 Å². The highest BCUT2D eigenvalue weighted by Gasteiger charge is 2.11. The Bertz CT molecular complexity index is 754. The zero-order chi connectivity index (χ0) is 13.9.